The second kappa shape index (κ2) is 5.05. The predicted molar refractivity (Wildman–Crippen MR) is 49.3 cm³/mol. The lowest BCUT2D eigenvalue weighted by atomic mass is 10.2. The second-order valence-electron chi connectivity index (χ2n) is 3.02. The van der Waals surface area contributed by atoms with Crippen molar-refractivity contribution in [2.75, 3.05) is 0 Å². The van der Waals surface area contributed by atoms with Crippen molar-refractivity contribution >= 4 is 11.9 Å². The van der Waals surface area contributed by atoms with Crippen molar-refractivity contribution in [3.8, 4) is 0 Å². The zero-order chi connectivity index (χ0) is 12.3. The van der Waals surface area contributed by atoms with Crippen LogP contribution >= 0.6 is 0 Å². The molecule has 0 N–H and O–H groups in total. The van der Waals surface area contributed by atoms with E-state index in [0.717, 1.165) is 6.21 Å². The van der Waals surface area contributed by atoms with Crippen molar-refractivity contribution in [3.05, 3.63) is 29.1 Å². The molecule has 1 aromatic rings. The van der Waals surface area contributed by atoms with Crippen molar-refractivity contribution in [2.45, 2.75) is 19.8 Å². The molecule has 1 rings (SSSR count). The fourth-order valence-corrected chi connectivity index (χ4v) is 0.992. The van der Waals surface area contributed by atoms with Crippen molar-refractivity contribution < 1.29 is 22.0 Å². The van der Waals surface area contributed by atoms with E-state index in [1.165, 1.54) is 0 Å². The fourth-order valence-electron chi connectivity index (χ4n) is 0.992. The SMILES string of the molecule is CCCC=Nc1c(F)c(F)c(F)c(F)c1F. The number of halogens is 5. The van der Waals surface area contributed by atoms with E-state index in [-0.39, 0.29) is 0 Å². The lowest BCUT2D eigenvalue weighted by Crippen LogP contribution is -2.00. The molecule has 0 heterocycles. The molecule has 0 spiro atoms. The van der Waals surface area contributed by atoms with Crippen LogP contribution in [0.25, 0.3) is 0 Å². The van der Waals surface area contributed by atoms with Gasteiger partial charge >= 0.3 is 0 Å². The highest BCUT2D eigenvalue weighted by Gasteiger charge is 2.25. The summed E-state index contributed by atoms with van der Waals surface area (Å²) in [6, 6.07) is 0. The molecule has 1 aromatic carbocycles. The predicted octanol–water partition coefficient (Wildman–Crippen LogP) is 3.88. The number of benzene rings is 1. The van der Waals surface area contributed by atoms with Gasteiger partial charge in [-0.05, 0) is 6.42 Å². The Labute approximate surface area is 88.6 Å². The molecule has 0 fully saturated rings. The first-order valence-electron chi connectivity index (χ1n) is 4.54. The summed E-state index contributed by atoms with van der Waals surface area (Å²) in [6.07, 6.45) is 2.15. The van der Waals surface area contributed by atoms with Crippen LogP contribution < -0.4 is 0 Å². The van der Waals surface area contributed by atoms with E-state index < -0.39 is 34.8 Å². The number of unbranched alkanes of at least 4 members (excludes halogenated alkanes) is 1. The zero-order valence-electron chi connectivity index (χ0n) is 8.33. The molecule has 0 aliphatic carbocycles. The Balaban J connectivity index is 3.29. The van der Waals surface area contributed by atoms with Crippen molar-refractivity contribution in [1.29, 1.82) is 0 Å². The molecule has 0 atom stereocenters. The minimum Gasteiger partial charge on any atom is -0.255 e. The zero-order valence-corrected chi connectivity index (χ0v) is 8.33. The summed E-state index contributed by atoms with van der Waals surface area (Å²) in [5.74, 6) is -9.97. The molecule has 88 valence electrons. The Bertz CT molecular complexity index is 399. The Morgan fingerprint density at radius 2 is 1.31 bits per heavy atom. The molecule has 0 bridgehead atoms. The molecular formula is C10H8F5N. The van der Waals surface area contributed by atoms with Gasteiger partial charge in [-0.15, -0.1) is 0 Å². The summed E-state index contributed by atoms with van der Waals surface area (Å²) in [7, 11) is 0. The quantitative estimate of drug-likeness (QED) is 0.327. The molecule has 0 unspecified atom stereocenters. The third kappa shape index (κ3) is 2.20. The number of rotatable bonds is 3. The van der Waals surface area contributed by atoms with Crippen LogP contribution in [0, 0.1) is 29.1 Å². The van der Waals surface area contributed by atoms with Crippen LogP contribution in [0.5, 0.6) is 0 Å². The van der Waals surface area contributed by atoms with Gasteiger partial charge in [0.15, 0.2) is 23.3 Å². The smallest absolute Gasteiger partial charge is 0.200 e. The van der Waals surface area contributed by atoms with Crippen molar-refractivity contribution in [3.63, 3.8) is 0 Å². The standard InChI is InChI=1S/C10H8F5N/c1-2-3-4-16-10-8(14)6(12)5(11)7(13)9(10)15/h4H,2-3H2,1H3. The number of hydrogen-bond donors (Lipinski definition) is 0. The van der Waals surface area contributed by atoms with Crippen molar-refractivity contribution in [2.24, 2.45) is 4.99 Å². The number of hydrogen-bond acceptors (Lipinski definition) is 1. The third-order valence-corrected chi connectivity index (χ3v) is 1.82. The summed E-state index contributed by atoms with van der Waals surface area (Å²) < 4.78 is 64.0. The molecule has 0 saturated carbocycles. The van der Waals surface area contributed by atoms with E-state index in [1.807, 2.05) is 0 Å². The summed E-state index contributed by atoms with van der Waals surface area (Å²) in [4.78, 5) is 3.24. The van der Waals surface area contributed by atoms with Gasteiger partial charge in [-0.3, -0.25) is 4.99 Å². The summed E-state index contributed by atoms with van der Waals surface area (Å²) in [5, 5.41) is 0. The van der Waals surface area contributed by atoms with Gasteiger partial charge in [0.05, 0.1) is 0 Å². The van der Waals surface area contributed by atoms with Gasteiger partial charge in [0.1, 0.15) is 5.69 Å². The molecule has 0 amide bonds. The molecule has 0 saturated heterocycles. The first-order chi connectivity index (χ1) is 7.50. The highest BCUT2D eigenvalue weighted by atomic mass is 19.2. The largest absolute Gasteiger partial charge is 0.255 e. The van der Waals surface area contributed by atoms with Gasteiger partial charge in [0.2, 0.25) is 5.82 Å². The first kappa shape index (κ1) is 12.6. The van der Waals surface area contributed by atoms with Gasteiger partial charge < -0.3 is 0 Å². The molecule has 6 heteroatoms. The normalized spacial score (nSPS) is 11.4. The lowest BCUT2D eigenvalue weighted by molar-refractivity contribution is 0.381. The molecular weight excluding hydrogens is 229 g/mol. The third-order valence-electron chi connectivity index (χ3n) is 1.82. The van der Waals surface area contributed by atoms with Crippen molar-refractivity contribution in [1.82, 2.24) is 0 Å². The fraction of sp³-hybridized carbons (Fsp3) is 0.300. The van der Waals surface area contributed by atoms with Crippen LogP contribution in [-0.2, 0) is 0 Å². The molecule has 1 nitrogen and oxygen atoms in total. The average molecular weight is 237 g/mol. The minimum absolute atomic E-state index is 0.388. The number of aliphatic imine (C=N–C) groups is 1. The minimum atomic E-state index is -2.18. The van der Waals surface area contributed by atoms with Gasteiger partial charge in [0, 0.05) is 6.21 Å². The van der Waals surface area contributed by atoms with E-state index in [2.05, 4.69) is 4.99 Å². The Morgan fingerprint density at radius 3 is 1.75 bits per heavy atom. The Kier molecular flexibility index (Phi) is 3.98. The van der Waals surface area contributed by atoms with E-state index >= 15 is 0 Å². The highest BCUT2D eigenvalue weighted by molar-refractivity contribution is 5.63. The van der Waals surface area contributed by atoms with E-state index in [1.54, 1.807) is 6.92 Å². The van der Waals surface area contributed by atoms with Gasteiger partial charge in [-0.1, -0.05) is 13.3 Å². The maximum Gasteiger partial charge on any atom is 0.200 e. The molecule has 0 aliphatic rings. The first-order valence-corrected chi connectivity index (χ1v) is 4.54. The van der Waals surface area contributed by atoms with Crippen LogP contribution in [0.1, 0.15) is 19.8 Å². The maximum atomic E-state index is 13.0. The monoisotopic (exact) mass is 237 g/mol. The van der Waals surface area contributed by atoms with E-state index in [9.17, 15) is 22.0 Å². The highest BCUT2D eigenvalue weighted by Crippen LogP contribution is 2.29. The summed E-state index contributed by atoms with van der Waals surface area (Å²) in [5.41, 5.74) is -1.15. The van der Waals surface area contributed by atoms with E-state index in [4.69, 9.17) is 0 Å². The summed E-state index contributed by atoms with van der Waals surface area (Å²) >= 11 is 0. The Morgan fingerprint density at radius 1 is 0.875 bits per heavy atom. The Hall–Kier alpha value is -1.46. The molecule has 0 aromatic heterocycles. The molecule has 16 heavy (non-hydrogen) atoms. The van der Waals surface area contributed by atoms with Crippen LogP contribution in [-0.4, -0.2) is 6.21 Å². The van der Waals surface area contributed by atoms with E-state index in [0.29, 0.717) is 12.8 Å². The van der Waals surface area contributed by atoms with Crippen LogP contribution in [0.2, 0.25) is 0 Å². The second-order valence-corrected chi connectivity index (χ2v) is 3.02. The number of nitrogens with zero attached hydrogens (tertiary/aromatic N) is 1. The molecule has 0 radical (unpaired) electrons. The average Bonchev–Trinajstić information content (AvgIpc) is 2.28. The van der Waals surface area contributed by atoms with Gasteiger partial charge in [-0.2, -0.15) is 0 Å². The van der Waals surface area contributed by atoms with Crippen LogP contribution in [0.15, 0.2) is 4.99 Å². The van der Waals surface area contributed by atoms with Crippen LogP contribution in [0.3, 0.4) is 0 Å². The maximum absolute atomic E-state index is 13.0. The summed E-state index contributed by atoms with van der Waals surface area (Å²) in [6.45, 7) is 1.78. The van der Waals surface area contributed by atoms with Gasteiger partial charge in [0.25, 0.3) is 0 Å². The van der Waals surface area contributed by atoms with Gasteiger partial charge in [-0.25, -0.2) is 22.0 Å². The lowest BCUT2D eigenvalue weighted by Gasteiger charge is -2.03. The van der Waals surface area contributed by atoms with Crippen LogP contribution in [0.4, 0.5) is 27.6 Å². The molecule has 0 aliphatic heterocycles. The topological polar surface area (TPSA) is 12.4 Å².